The van der Waals surface area contributed by atoms with Crippen LogP contribution in [0.4, 0.5) is 0 Å². The molecule has 0 aliphatic carbocycles. The average molecular weight is 229 g/mol. The zero-order valence-corrected chi connectivity index (χ0v) is 11.7. The Kier molecular flexibility index (Phi) is 8.96. The molecule has 0 spiro atoms. The Morgan fingerprint density at radius 1 is 1.06 bits per heavy atom. The molecule has 2 nitrogen and oxygen atoms in total. The number of rotatable bonds is 10. The van der Waals surface area contributed by atoms with Crippen molar-refractivity contribution in [1.29, 1.82) is 0 Å². The van der Waals surface area contributed by atoms with Crippen LogP contribution in [0.1, 0.15) is 72.6 Å². The summed E-state index contributed by atoms with van der Waals surface area (Å²) in [5, 5.41) is 13.5. The van der Waals surface area contributed by atoms with Crippen molar-refractivity contribution in [3.63, 3.8) is 0 Å². The van der Waals surface area contributed by atoms with Gasteiger partial charge in [0.05, 0.1) is 5.60 Å². The standard InChI is InChI=1S/C14H31NO/c1-5-6-7-8-9-10-14(4,16)11-12-15-13(2)3/h13,15-16H,5-12H2,1-4H3. The minimum atomic E-state index is -0.478. The molecule has 0 saturated carbocycles. The van der Waals surface area contributed by atoms with Crippen molar-refractivity contribution in [1.82, 2.24) is 5.32 Å². The summed E-state index contributed by atoms with van der Waals surface area (Å²) in [5.74, 6) is 0. The maximum absolute atomic E-state index is 10.1. The Morgan fingerprint density at radius 2 is 1.69 bits per heavy atom. The number of hydrogen-bond acceptors (Lipinski definition) is 2. The van der Waals surface area contributed by atoms with Crippen LogP contribution in [0.15, 0.2) is 0 Å². The molecule has 2 heteroatoms. The lowest BCUT2D eigenvalue weighted by atomic mass is 9.94. The van der Waals surface area contributed by atoms with E-state index in [1.165, 1.54) is 25.7 Å². The Bertz CT molecular complexity index is 155. The lowest BCUT2D eigenvalue weighted by molar-refractivity contribution is 0.0392. The van der Waals surface area contributed by atoms with Crippen molar-refractivity contribution in [2.24, 2.45) is 0 Å². The van der Waals surface area contributed by atoms with E-state index in [9.17, 15) is 5.11 Å². The summed E-state index contributed by atoms with van der Waals surface area (Å²) in [4.78, 5) is 0. The molecule has 0 heterocycles. The molecule has 16 heavy (non-hydrogen) atoms. The van der Waals surface area contributed by atoms with Crippen LogP contribution in [0.5, 0.6) is 0 Å². The summed E-state index contributed by atoms with van der Waals surface area (Å²) < 4.78 is 0. The van der Waals surface area contributed by atoms with Gasteiger partial charge in [-0.15, -0.1) is 0 Å². The summed E-state index contributed by atoms with van der Waals surface area (Å²) in [5.41, 5.74) is -0.478. The fourth-order valence-electron chi connectivity index (χ4n) is 1.86. The van der Waals surface area contributed by atoms with Gasteiger partial charge >= 0.3 is 0 Å². The predicted octanol–water partition coefficient (Wildman–Crippen LogP) is 3.49. The van der Waals surface area contributed by atoms with Crippen molar-refractivity contribution in [2.45, 2.75) is 84.3 Å². The van der Waals surface area contributed by atoms with Crippen LogP contribution in [0.25, 0.3) is 0 Å². The Labute approximate surface area is 102 Å². The van der Waals surface area contributed by atoms with Crippen molar-refractivity contribution in [2.75, 3.05) is 6.54 Å². The second-order valence-electron chi connectivity index (χ2n) is 5.52. The van der Waals surface area contributed by atoms with E-state index in [0.29, 0.717) is 6.04 Å². The van der Waals surface area contributed by atoms with Gasteiger partial charge in [0.25, 0.3) is 0 Å². The summed E-state index contributed by atoms with van der Waals surface area (Å²) in [6, 6.07) is 0.514. The molecular weight excluding hydrogens is 198 g/mol. The minimum absolute atomic E-state index is 0.478. The lowest BCUT2D eigenvalue weighted by Crippen LogP contribution is -2.32. The lowest BCUT2D eigenvalue weighted by Gasteiger charge is -2.24. The van der Waals surface area contributed by atoms with Gasteiger partial charge in [-0.1, -0.05) is 52.9 Å². The van der Waals surface area contributed by atoms with E-state index in [2.05, 4.69) is 26.1 Å². The van der Waals surface area contributed by atoms with E-state index in [0.717, 1.165) is 25.8 Å². The van der Waals surface area contributed by atoms with E-state index < -0.39 is 5.60 Å². The maximum atomic E-state index is 10.1. The molecule has 0 fully saturated rings. The molecular formula is C14H31NO. The fraction of sp³-hybridized carbons (Fsp3) is 1.00. The largest absolute Gasteiger partial charge is 0.390 e. The van der Waals surface area contributed by atoms with E-state index >= 15 is 0 Å². The highest BCUT2D eigenvalue weighted by Crippen LogP contribution is 2.18. The van der Waals surface area contributed by atoms with Gasteiger partial charge < -0.3 is 10.4 Å². The molecule has 1 atom stereocenters. The highest BCUT2D eigenvalue weighted by Gasteiger charge is 2.18. The van der Waals surface area contributed by atoms with Crippen molar-refractivity contribution in [3.8, 4) is 0 Å². The third-order valence-corrected chi connectivity index (χ3v) is 3.04. The first-order valence-corrected chi connectivity index (χ1v) is 6.93. The van der Waals surface area contributed by atoms with E-state index in [1.54, 1.807) is 0 Å². The van der Waals surface area contributed by atoms with Gasteiger partial charge in [-0.3, -0.25) is 0 Å². The van der Waals surface area contributed by atoms with Crippen LogP contribution in [0.2, 0.25) is 0 Å². The van der Waals surface area contributed by atoms with Gasteiger partial charge in [-0.05, 0) is 26.3 Å². The molecule has 0 aliphatic rings. The molecule has 0 aromatic carbocycles. The first kappa shape index (κ1) is 15.9. The minimum Gasteiger partial charge on any atom is -0.390 e. The van der Waals surface area contributed by atoms with Crippen LogP contribution in [-0.2, 0) is 0 Å². The van der Waals surface area contributed by atoms with Gasteiger partial charge in [0.2, 0.25) is 0 Å². The van der Waals surface area contributed by atoms with Crippen molar-refractivity contribution < 1.29 is 5.11 Å². The molecule has 0 saturated heterocycles. The highest BCUT2D eigenvalue weighted by molar-refractivity contribution is 4.74. The SMILES string of the molecule is CCCCCCCC(C)(O)CCNC(C)C. The quantitative estimate of drug-likeness (QED) is 0.562. The molecule has 0 aromatic rings. The van der Waals surface area contributed by atoms with Crippen LogP contribution >= 0.6 is 0 Å². The normalized spacial score (nSPS) is 15.4. The maximum Gasteiger partial charge on any atom is 0.0631 e. The predicted molar refractivity (Wildman–Crippen MR) is 71.8 cm³/mol. The second kappa shape index (κ2) is 9.00. The molecule has 0 radical (unpaired) electrons. The Hall–Kier alpha value is -0.0800. The summed E-state index contributed by atoms with van der Waals surface area (Å²) in [6.07, 6.45) is 8.16. The zero-order chi connectivity index (χ0) is 12.4. The summed E-state index contributed by atoms with van der Waals surface area (Å²) in [6.45, 7) is 9.39. The fourth-order valence-corrected chi connectivity index (χ4v) is 1.86. The van der Waals surface area contributed by atoms with Crippen LogP contribution in [0.3, 0.4) is 0 Å². The number of hydrogen-bond donors (Lipinski definition) is 2. The second-order valence-corrected chi connectivity index (χ2v) is 5.52. The van der Waals surface area contributed by atoms with Gasteiger partial charge in [0.15, 0.2) is 0 Å². The zero-order valence-electron chi connectivity index (χ0n) is 11.7. The Balaban J connectivity index is 3.46. The van der Waals surface area contributed by atoms with E-state index in [-0.39, 0.29) is 0 Å². The third kappa shape index (κ3) is 10.4. The van der Waals surface area contributed by atoms with Crippen LogP contribution < -0.4 is 5.32 Å². The monoisotopic (exact) mass is 229 g/mol. The van der Waals surface area contributed by atoms with Gasteiger partial charge in [-0.2, -0.15) is 0 Å². The smallest absolute Gasteiger partial charge is 0.0631 e. The van der Waals surface area contributed by atoms with Crippen LogP contribution in [-0.4, -0.2) is 23.3 Å². The Morgan fingerprint density at radius 3 is 2.25 bits per heavy atom. The van der Waals surface area contributed by atoms with Gasteiger partial charge in [0, 0.05) is 6.04 Å². The average Bonchev–Trinajstić information content (AvgIpc) is 2.16. The molecule has 98 valence electrons. The van der Waals surface area contributed by atoms with Crippen LogP contribution in [0, 0.1) is 0 Å². The molecule has 1 unspecified atom stereocenters. The first-order valence-electron chi connectivity index (χ1n) is 6.93. The number of unbranched alkanes of at least 4 members (excludes halogenated alkanes) is 4. The summed E-state index contributed by atoms with van der Waals surface area (Å²) >= 11 is 0. The number of aliphatic hydroxyl groups is 1. The highest BCUT2D eigenvalue weighted by atomic mass is 16.3. The molecule has 0 rings (SSSR count). The first-order chi connectivity index (χ1) is 7.48. The molecule has 0 aliphatic heterocycles. The number of nitrogens with one attached hydrogen (secondary N) is 1. The third-order valence-electron chi connectivity index (χ3n) is 3.04. The van der Waals surface area contributed by atoms with E-state index in [4.69, 9.17) is 0 Å². The van der Waals surface area contributed by atoms with Gasteiger partial charge in [0.1, 0.15) is 0 Å². The van der Waals surface area contributed by atoms with E-state index in [1.807, 2.05) is 6.92 Å². The van der Waals surface area contributed by atoms with Gasteiger partial charge in [-0.25, -0.2) is 0 Å². The summed E-state index contributed by atoms with van der Waals surface area (Å²) in [7, 11) is 0. The van der Waals surface area contributed by atoms with Crippen molar-refractivity contribution >= 4 is 0 Å². The molecule has 0 amide bonds. The molecule has 0 bridgehead atoms. The van der Waals surface area contributed by atoms with Crippen molar-refractivity contribution in [3.05, 3.63) is 0 Å². The topological polar surface area (TPSA) is 32.3 Å². The molecule has 2 N–H and O–H groups in total. The molecule has 0 aromatic heterocycles.